The molecule has 0 heterocycles. The van der Waals surface area contributed by atoms with Crippen LogP contribution in [0, 0.1) is 12.7 Å². The molecule has 0 aliphatic carbocycles. The van der Waals surface area contributed by atoms with E-state index in [1.54, 1.807) is 12.1 Å². The number of alkyl halides is 1. The molecule has 0 radical (unpaired) electrons. The molecule has 0 bridgehead atoms. The molecule has 0 amide bonds. The number of benzene rings is 4. The summed E-state index contributed by atoms with van der Waals surface area (Å²) in [6.07, 6.45) is 0.672. The molecule has 30 heavy (non-hydrogen) atoms. The van der Waals surface area contributed by atoms with E-state index in [9.17, 15) is 0 Å². The van der Waals surface area contributed by atoms with Crippen molar-refractivity contribution in [1.29, 1.82) is 0 Å². The van der Waals surface area contributed by atoms with Crippen LogP contribution in [0.5, 0.6) is 0 Å². The fourth-order valence-corrected chi connectivity index (χ4v) is 14.5. The molecule has 4 aromatic rings. The molecule has 0 spiro atoms. The van der Waals surface area contributed by atoms with E-state index in [4.69, 9.17) is 0 Å². The molecule has 0 nitrogen and oxygen atoms in total. The van der Waals surface area contributed by atoms with Gasteiger partial charge in [-0.2, -0.15) is 0 Å². The average Bonchev–Trinajstić information content (AvgIpc) is 2.82. The van der Waals surface area contributed by atoms with Crippen LogP contribution in [0.25, 0.3) is 0 Å². The first-order valence-corrected chi connectivity index (χ1v) is 14.2. The molecule has 0 atom stereocenters. The van der Waals surface area contributed by atoms with Gasteiger partial charge >= 0.3 is 193 Å². The summed E-state index contributed by atoms with van der Waals surface area (Å²) in [6.45, 7) is -0.999. The van der Waals surface area contributed by atoms with Crippen molar-refractivity contribution in [3.8, 4) is 0 Å². The van der Waals surface area contributed by atoms with Crippen LogP contribution in [0.15, 0.2) is 109 Å². The summed E-state index contributed by atoms with van der Waals surface area (Å²) in [5.41, 5.74) is 1.83. The molecule has 0 saturated heterocycles. The first-order chi connectivity index (χ1) is 14.6. The molecule has 152 valence electrons. The molecule has 4 rings (SSSR count). The fraction of sp³-hybridized carbons (Fsp3) is 0.111. The Hall–Kier alpha value is -2.03. The van der Waals surface area contributed by atoms with E-state index >= 15 is 4.39 Å². The van der Waals surface area contributed by atoms with E-state index in [0.29, 0.717) is 6.16 Å². The molecule has 0 aliphatic heterocycles. The summed E-state index contributed by atoms with van der Waals surface area (Å²) in [5.74, 6) is -0.114. The van der Waals surface area contributed by atoms with Gasteiger partial charge in [-0.1, -0.05) is 0 Å². The quantitative estimate of drug-likeness (QED) is 0.152. The number of halogens is 2. The van der Waals surface area contributed by atoms with Gasteiger partial charge in [0.15, 0.2) is 0 Å². The van der Waals surface area contributed by atoms with Crippen molar-refractivity contribution in [2.24, 2.45) is 0 Å². The van der Waals surface area contributed by atoms with E-state index in [0.717, 1.165) is 15.3 Å². The second kappa shape index (κ2) is 8.61. The van der Waals surface area contributed by atoms with Crippen LogP contribution in [0.4, 0.5) is 4.39 Å². The minimum absolute atomic E-state index is 0.114. The Balaban J connectivity index is 2.18. The normalized spacial score (nSPS) is 12.8. The van der Waals surface area contributed by atoms with Gasteiger partial charge in [-0.25, -0.2) is 0 Å². The number of hydrogen-bond acceptors (Lipinski definition) is 0. The monoisotopic (exact) mass is 526 g/mol. The first kappa shape index (κ1) is 21.2. The average molecular weight is 526 g/mol. The van der Waals surface area contributed by atoms with Crippen molar-refractivity contribution in [2.75, 3.05) is 4.17 Å². The molecule has 4 aromatic carbocycles. The zero-order valence-electron chi connectivity index (χ0n) is 17.0. The SMILES string of the molecule is Cc1cccc(F)c1CP(CI)(c1ccccc1)(c1ccccc1)c1ccccc1. The van der Waals surface area contributed by atoms with Crippen LogP contribution in [0.3, 0.4) is 0 Å². The second-order valence-corrected chi connectivity index (χ2v) is 15.0. The second-order valence-electron chi connectivity index (χ2n) is 7.83. The van der Waals surface area contributed by atoms with E-state index in [1.165, 1.54) is 15.9 Å². The van der Waals surface area contributed by atoms with Crippen molar-refractivity contribution in [1.82, 2.24) is 0 Å². The minimum atomic E-state index is -3.02. The Labute approximate surface area is 192 Å². The van der Waals surface area contributed by atoms with Crippen LogP contribution in [0.2, 0.25) is 0 Å². The number of hydrogen-bond donors (Lipinski definition) is 0. The van der Waals surface area contributed by atoms with Gasteiger partial charge in [-0.3, -0.25) is 0 Å². The van der Waals surface area contributed by atoms with Gasteiger partial charge in [0.1, 0.15) is 0 Å². The van der Waals surface area contributed by atoms with Crippen LogP contribution in [-0.2, 0) is 6.16 Å². The van der Waals surface area contributed by atoms with Gasteiger partial charge in [0.25, 0.3) is 0 Å². The molecule has 0 aliphatic rings. The summed E-state index contributed by atoms with van der Waals surface area (Å²) in [4.78, 5) is 0. The molecule has 3 heteroatoms. The van der Waals surface area contributed by atoms with E-state index in [2.05, 4.69) is 114 Å². The van der Waals surface area contributed by atoms with Crippen molar-refractivity contribution in [3.05, 3.63) is 126 Å². The predicted molar refractivity (Wildman–Crippen MR) is 139 cm³/mol. The van der Waals surface area contributed by atoms with Gasteiger partial charge in [0.2, 0.25) is 0 Å². The van der Waals surface area contributed by atoms with Crippen LogP contribution in [-0.4, -0.2) is 4.17 Å². The molecule has 0 N–H and O–H groups in total. The molecular weight excluding hydrogens is 501 g/mol. The van der Waals surface area contributed by atoms with Gasteiger partial charge in [-0.15, -0.1) is 0 Å². The molecule has 0 saturated carbocycles. The summed E-state index contributed by atoms with van der Waals surface area (Å²) in [5, 5.41) is 3.91. The van der Waals surface area contributed by atoms with E-state index < -0.39 is 6.60 Å². The standard InChI is InChI=1S/C27H25FIP/c1-22-12-11-19-27(28)26(22)20-30(21-29,23-13-5-2-6-14-23,24-15-7-3-8-16-24)25-17-9-4-10-18-25/h2-19H,20-21H2,1H3. The van der Waals surface area contributed by atoms with Crippen LogP contribution in [0.1, 0.15) is 11.1 Å². The van der Waals surface area contributed by atoms with Gasteiger partial charge < -0.3 is 0 Å². The Kier molecular flexibility index (Phi) is 6.09. The number of aryl methyl sites for hydroxylation is 1. The van der Waals surface area contributed by atoms with Gasteiger partial charge in [-0.05, 0) is 0 Å². The Bertz CT molecular complexity index is 1010. The molecule has 0 fully saturated rings. The van der Waals surface area contributed by atoms with Gasteiger partial charge in [0, 0.05) is 0 Å². The number of rotatable bonds is 6. The van der Waals surface area contributed by atoms with Crippen molar-refractivity contribution >= 4 is 45.1 Å². The van der Waals surface area contributed by atoms with Crippen molar-refractivity contribution in [3.63, 3.8) is 0 Å². The third-order valence-electron chi connectivity index (χ3n) is 6.26. The van der Waals surface area contributed by atoms with Crippen LogP contribution < -0.4 is 15.9 Å². The zero-order valence-corrected chi connectivity index (χ0v) is 20.1. The fourth-order valence-electron chi connectivity index (χ4n) is 4.55. The Morgan fingerprint density at radius 1 is 0.633 bits per heavy atom. The summed E-state index contributed by atoms with van der Waals surface area (Å²) < 4.78 is 16.2. The van der Waals surface area contributed by atoms with E-state index in [-0.39, 0.29) is 5.82 Å². The zero-order chi connectivity index (χ0) is 21.1. The Morgan fingerprint density at radius 3 is 1.43 bits per heavy atom. The molecule has 0 unspecified atom stereocenters. The van der Waals surface area contributed by atoms with Crippen LogP contribution >= 0.6 is 29.2 Å². The summed E-state index contributed by atoms with van der Waals surface area (Å²) >= 11 is 2.55. The van der Waals surface area contributed by atoms with Crippen molar-refractivity contribution < 1.29 is 4.39 Å². The summed E-state index contributed by atoms with van der Waals surface area (Å²) in [7, 11) is 0. The maximum atomic E-state index is 15.3. The Morgan fingerprint density at radius 2 is 1.07 bits per heavy atom. The molecule has 0 aromatic heterocycles. The topological polar surface area (TPSA) is 0 Å². The molecular formula is C27H25FIP. The van der Waals surface area contributed by atoms with Crippen molar-refractivity contribution in [2.45, 2.75) is 13.1 Å². The predicted octanol–water partition coefficient (Wildman–Crippen LogP) is 6.56. The first-order valence-electron chi connectivity index (χ1n) is 10.1. The van der Waals surface area contributed by atoms with E-state index in [1.807, 2.05) is 13.0 Å². The third-order valence-corrected chi connectivity index (χ3v) is 17.0. The van der Waals surface area contributed by atoms with Gasteiger partial charge in [0.05, 0.1) is 0 Å². The summed E-state index contributed by atoms with van der Waals surface area (Å²) in [6, 6.07) is 37.8. The maximum absolute atomic E-state index is 15.3. The third kappa shape index (κ3) is 3.31.